The number of hydrogen-bond donors (Lipinski definition) is 2. The van der Waals surface area contributed by atoms with E-state index in [0.29, 0.717) is 0 Å². The smallest absolute Gasteiger partial charge is 0.294 e. The Morgan fingerprint density at radius 2 is 1.65 bits per heavy atom. The summed E-state index contributed by atoms with van der Waals surface area (Å²) in [6.07, 6.45) is 3.10. The molecule has 23 heavy (non-hydrogen) atoms. The topological polar surface area (TPSA) is 87.0 Å². The van der Waals surface area contributed by atoms with Crippen molar-refractivity contribution in [2.45, 2.75) is 31.1 Å². The van der Waals surface area contributed by atoms with Crippen molar-refractivity contribution in [2.75, 3.05) is 0 Å². The Morgan fingerprint density at radius 3 is 2.26 bits per heavy atom. The van der Waals surface area contributed by atoms with Crippen molar-refractivity contribution in [2.24, 2.45) is 5.16 Å². The van der Waals surface area contributed by atoms with E-state index in [1.807, 2.05) is 25.1 Å². The van der Waals surface area contributed by atoms with E-state index in [1.54, 1.807) is 12.1 Å². The molecule has 122 valence electrons. The van der Waals surface area contributed by atoms with E-state index in [4.69, 9.17) is 9.76 Å². The monoisotopic (exact) mass is 333 g/mol. The van der Waals surface area contributed by atoms with Crippen molar-refractivity contribution in [3.63, 3.8) is 0 Å². The predicted molar refractivity (Wildman–Crippen MR) is 88.7 cm³/mol. The van der Waals surface area contributed by atoms with Gasteiger partial charge in [-0.25, -0.2) is 0 Å². The molecule has 0 heterocycles. The van der Waals surface area contributed by atoms with Crippen LogP contribution in [-0.2, 0) is 16.5 Å². The Kier molecular flexibility index (Phi) is 5.52. The summed E-state index contributed by atoms with van der Waals surface area (Å²) < 4.78 is 29.6. The fraction of sp³-hybridized carbons (Fsp3) is 0.235. The van der Waals surface area contributed by atoms with Crippen LogP contribution >= 0.6 is 0 Å². The number of benzene rings is 2. The molecule has 0 aliphatic heterocycles. The van der Waals surface area contributed by atoms with Crippen molar-refractivity contribution in [1.82, 2.24) is 0 Å². The fourth-order valence-electron chi connectivity index (χ4n) is 2.41. The van der Waals surface area contributed by atoms with Crippen LogP contribution in [-0.4, -0.2) is 23.9 Å². The molecule has 0 aromatic heterocycles. The van der Waals surface area contributed by atoms with Gasteiger partial charge in [-0.05, 0) is 43.9 Å². The van der Waals surface area contributed by atoms with Crippen LogP contribution in [0, 0.1) is 6.92 Å². The average molecular weight is 333 g/mol. The number of hydrogen-bond acceptors (Lipinski definition) is 4. The second-order valence-corrected chi connectivity index (χ2v) is 6.77. The van der Waals surface area contributed by atoms with Gasteiger partial charge in [0, 0.05) is 5.56 Å². The number of oxime groups is 1. The first-order valence-electron chi connectivity index (χ1n) is 7.25. The summed E-state index contributed by atoms with van der Waals surface area (Å²) in [7, 11) is -4.02. The summed E-state index contributed by atoms with van der Waals surface area (Å²) in [5, 5.41) is 12.0. The molecule has 6 heteroatoms. The molecular weight excluding hydrogens is 314 g/mol. The lowest BCUT2D eigenvalue weighted by Crippen LogP contribution is -2.11. The summed E-state index contributed by atoms with van der Waals surface area (Å²) in [4.78, 5) is -0.0666. The van der Waals surface area contributed by atoms with Crippen molar-refractivity contribution >= 4 is 15.8 Å². The van der Waals surface area contributed by atoms with Crippen LogP contribution in [0.2, 0.25) is 0 Å². The zero-order valence-corrected chi connectivity index (χ0v) is 13.6. The van der Waals surface area contributed by atoms with Gasteiger partial charge in [0.25, 0.3) is 10.1 Å². The molecule has 5 nitrogen and oxygen atoms in total. The number of rotatable bonds is 1. The van der Waals surface area contributed by atoms with Crippen LogP contribution in [0.25, 0.3) is 0 Å². The lowest BCUT2D eigenvalue weighted by molar-refractivity contribution is 0.317. The summed E-state index contributed by atoms with van der Waals surface area (Å²) in [5.74, 6) is 0. The van der Waals surface area contributed by atoms with Crippen LogP contribution in [0.4, 0.5) is 0 Å². The van der Waals surface area contributed by atoms with Gasteiger partial charge < -0.3 is 5.21 Å². The van der Waals surface area contributed by atoms with Gasteiger partial charge in [0.05, 0.1) is 10.6 Å². The standard InChI is InChI=1S/C10H11NO.C7H8O3S/c12-11-10-7-3-5-8-4-1-2-6-9(8)10;1-6-2-4-7(5-3-6)11(8,9)10/h1-2,4,6,12H,3,5,7H2;2-5H,1H3,(H,8,9,10). The maximum Gasteiger partial charge on any atom is 0.294 e. The molecule has 3 rings (SSSR count). The van der Waals surface area contributed by atoms with Gasteiger partial charge in [-0.1, -0.05) is 47.1 Å². The third-order valence-corrected chi connectivity index (χ3v) is 4.50. The van der Waals surface area contributed by atoms with E-state index in [2.05, 4.69) is 11.2 Å². The van der Waals surface area contributed by atoms with Crippen molar-refractivity contribution in [3.8, 4) is 0 Å². The molecule has 2 aromatic carbocycles. The zero-order valence-electron chi connectivity index (χ0n) is 12.8. The number of aryl methyl sites for hydroxylation is 2. The van der Waals surface area contributed by atoms with Crippen LogP contribution in [0.15, 0.2) is 58.6 Å². The highest BCUT2D eigenvalue weighted by Gasteiger charge is 2.14. The maximum atomic E-state index is 10.5. The first-order chi connectivity index (χ1) is 10.9. The molecule has 1 aliphatic carbocycles. The third kappa shape index (κ3) is 4.64. The summed E-state index contributed by atoms with van der Waals surface area (Å²) in [5.41, 5.74) is 4.21. The van der Waals surface area contributed by atoms with Crippen LogP contribution in [0.5, 0.6) is 0 Å². The zero-order chi connectivity index (χ0) is 16.9. The normalized spacial score (nSPS) is 15.5. The Bertz CT molecular complexity index is 796. The molecule has 2 aromatic rings. The molecule has 0 atom stereocenters. The van der Waals surface area contributed by atoms with E-state index in [9.17, 15) is 8.42 Å². The summed E-state index contributed by atoms with van der Waals surface area (Å²) >= 11 is 0. The van der Waals surface area contributed by atoms with Gasteiger partial charge in [-0.2, -0.15) is 8.42 Å². The first-order valence-corrected chi connectivity index (χ1v) is 8.69. The van der Waals surface area contributed by atoms with Crippen LogP contribution in [0.3, 0.4) is 0 Å². The lowest BCUT2D eigenvalue weighted by atomic mass is 9.90. The van der Waals surface area contributed by atoms with Gasteiger partial charge in [-0.15, -0.1) is 0 Å². The van der Waals surface area contributed by atoms with E-state index in [1.165, 1.54) is 17.7 Å². The van der Waals surface area contributed by atoms with Crippen molar-refractivity contribution in [1.29, 1.82) is 0 Å². The minimum absolute atomic E-state index is 0.0666. The highest BCUT2D eigenvalue weighted by Crippen LogP contribution is 2.20. The van der Waals surface area contributed by atoms with Crippen molar-refractivity contribution < 1.29 is 18.2 Å². The average Bonchev–Trinajstić information content (AvgIpc) is 2.54. The largest absolute Gasteiger partial charge is 0.411 e. The molecule has 0 radical (unpaired) electrons. The molecule has 0 amide bonds. The molecule has 0 saturated heterocycles. The highest BCUT2D eigenvalue weighted by molar-refractivity contribution is 7.85. The number of fused-ring (bicyclic) bond motifs is 1. The van der Waals surface area contributed by atoms with E-state index < -0.39 is 10.1 Å². The molecule has 2 N–H and O–H groups in total. The van der Waals surface area contributed by atoms with Crippen molar-refractivity contribution in [3.05, 3.63) is 65.2 Å². The lowest BCUT2D eigenvalue weighted by Gasteiger charge is -2.15. The molecular formula is C17H19NO4S. The van der Waals surface area contributed by atoms with Gasteiger partial charge in [0.2, 0.25) is 0 Å². The Balaban J connectivity index is 0.000000168. The highest BCUT2D eigenvalue weighted by atomic mass is 32.2. The predicted octanol–water partition coefficient (Wildman–Crippen LogP) is 3.44. The minimum atomic E-state index is -4.02. The fourth-order valence-corrected chi connectivity index (χ4v) is 2.89. The summed E-state index contributed by atoms with van der Waals surface area (Å²) in [6, 6.07) is 14.1. The molecule has 0 fully saturated rings. The maximum absolute atomic E-state index is 10.5. The summed E-state index contributed by atoms with van der Waals surface area (Å²) in [6.45, 7) is 1.84. The van der Waals surface area contributed by atoms with Crippen LogP contribution < -0.4 is 0 Å². The second-order valence-electron chi connectivity index (χ2n) is 5.35. The van der Waals surface area contributed by atoms with E-state index in [0.717, 1.165) is 36.1 Å². The van der Waals surface area contributed by atoms with Gasteiger partial charge >= 0.3 is 0 Å². The number of nitrogens with zero attached hydrogens (tertiary/aromatic N) is 1. The quantitative estimate of drug-likeness (QED) is 0.475. The first kappa shape index (κ1) is 17.2. The van der Waals surface area contributed by atoms with Gasteiger partial charge in [0.1, 0.15) is 0 Å². The third-order valence-electron chi connectivity index (χ3n) is 3.63. The van der Waals surface area contributed by atoms with Gasteiger partial charge in [-0.3, -0.25) is 4.55 Å². The second kappa shape index (κ2) is 7.39. The Hall–Kier alpha value is -2.18. The molecule has 0 unspecified atom stereocenters. The van der Waals surface area contributed by atoms with E-state index >= 15 is 0 Å². The molecule has 0 spiro atoms. The van der Waals surface area contributed by atoms with E-state index in [-0.39, 0.29) is 4.90 Å². The molecule has 1 aliphatic rings. The van der Waals surface area contributed by atoms with Gasteiger partial charge in [0.15, 0.2) is 0 Å². The Morgan fingerprint density at radius 1 is 1.00 bits per heavy atom. The SMILES string of the molecule is Cc1ccc(S(=O)(=O)O)cc1.ON=C1CCCc2ccccc21. The minimum Gasteiger partial charge on any atom is -0.411 e. The van der Waals surface area contributed by atoms with Crippen LogP contribution in [0.1, 0.15) is 29.5 Å². The molecule has 0 bridgehead atoms. The Labute approximate surface area is 136 Å². The molecule has 0 saturated carbocycles.